The van der Waals surface area contributed by atoms with Crippen molar-refractivity contribution in [2.24, 2.45) is 0 Å². The summed E-state index contributed by atoms with van der Waals surface area (Å²) in [7, 11) is -1.71. The van der Waals surface area contributed by atoms with Crippen LogP contribution in [-0.2, 0) is 15.8 Å². The Balaban J connectivity index is 1.90. The maximum Gasteiger partial charge on any atom is 0.214 e. The average molecular weight is 316 g/mol. The second-order valence-corrected chi connectivity index (χ2v) is 10.6. The van der Waals surface area contributed by atoms with Crippen molar-refractivity contribution < 1.29 is 13.9 Å². The molecule has 2 aromatic carbocycles. The molecule has 0 bridgehead atoms. The van der Waals surface area contributed by atoms with Gasteiger partial charge < -0.3 is 13.9 Å². The fraction of sp³-hybridized carbons (Fsp3) is 0.333. The van der Waals surface area contributed by atoms with E-state index in [0.29, 0.717) is 13.2 Å². The second kappa shape index (κ2) is 8.13. The van der Waals surface area contributed by atoms with Crippen molar-refractivity contribution >= 4 is 8.32 Å². The van der Waals surface area contributed by atoms with Gasteiger partial charge in [0.05, 0.1) is 6.61 Å². The molecule has 4 heteroatoms. The van der Waals surface area contributed by atoms with Crippen molar-refractivity contribution in [3.63, 3.8) is 0 Å². The van der Waals surface area contributed by atoms with Crippen LogP contribution in [0.1, 0.15) is 5.56 Å². The molecule has 0 aliphatic carbocycles. The summed E-state index contributed by atoms with van der Waals surface area (Å²) < 4.78 is 17.8. The molecule has 0 aliphatic heterocycles. The topological polar surface area (TPSA) is 27.7 Å². The maximum atomic E-state index is 6.07. The SMILES string of the molecule is C[Si](C)(C)OC(COCc1ccccc1)Oc1ccccc1. The van der Waals surface area contributed by atoms with Crippen molar-refractivity contribution in [1.82, 2.24) is 0 Å². The highest BCUT2D eigenvalue weighted by Gasteiger charge is 2.22. The van der Waals surface area contributed by atoms with E-state index in [9.17, 15) is 0 Å². The van der Waals surface area contributed by atoms with Crippen LogP contribution >= 0.6 is 0 Å². The van der Waals surface area contributed by atoms with Crippen molar-refractivity contribution in [3.8, 4) is 5.75 Å². The highest BCUT2D eigenvalue weighted by molar-refractivity contribution is 6.69. The molecule has 0 N–H and O–H groups in total. The summed E-state index contributed by atoms with van der Waals surface area (Å²) in [6.45, 7) is 7.40. The Morgan fingerprint density at radius 1 is 0.864 bits per heavy atom. The minimum atomic E-state index is -1.71. The van der Waals surface area contributed by atoms with Gasteiger partial charge in [0, 0.05) is 0 Å². The number of hydrogen-bond acceptors (Lipinski definition) is 3. The van der Waals surface area contributed by atoms with E-state index in [1.54, 1.807) is 0 Å². The van der Waals surface area contributed by atoms with E-state index < -0.39 is 8.32 Å². The first-order chi connectivity index (χ1) is 10.5. The van der Waals surface area contributed by atoms with Gasteiger partial charge >= 0.3 is 0 Å². The number of ether oxygens (including phenoxy) is 2. The zero-order valence-electron chi connectivity index (χ0n) is 13.5. The molecular formula is C18H24O3Si. The molecule has 0 saturated carbocycles. The fourth-order valence-corrected chi connectivity index (χ4v) is 2.89. The first-order valence-corrected chi connectivity index (χ1v) is 10.9. The predicted molar refractivity (Wildman–Crippen MR) is 91.4 cm³/mol. The van der Waals surface area contributed by atoms with Gasteiger partial charge in [-0.1, -0.05) is 48.5 Å². The van der Waals surface area contributed by atoms with Crippen LogP contribution in [0.5, 0.6) is 5.75 Å². The smallest absolute Gasteiger partial charge is 0.214 e. The Morgan fingerprint density at radius 3 is 2.05 bits per heavy atom. The number of para-hydroxylation sites is 1. The first-order valence-electron chi connectivity index (χ1n) is 7.54. The lowest BCUT2D eigenvalue weighted by Crippen LogP contribution is -2.38. The Labute approximate surface area is 134 Å². The summed E-state index contributed by atoms with van der Waals surface area (Å²) in [6, 6.07) is 19.8. The lowest BCUT2D eigenvalue weighted by atomic mass is 10.2. The number of benzene rings is 2. The van der Waals surface area contributed by atoms with Gasteiger partial charge in [-0.3, -0.25) is 0 Å². The van der Waals surface area contributed by atoms with E-state index in [1.165, 1.54) is 0 Å². The Morgan fingerprint density at radius 2 is 1.45 bits per heavy atom. The van der Waals surface area contributed by atoms with E-state index >= 15 is 0 Å². The van der Waals surface area contributed by atoms with Gasteiger partial charge in [0.2, 0.25) is 6.29 Å². The zero-order chi connectivity index (χ0) is 15.8. The molecule has 0 heterocycles. The van der Waals surface area contributed by atoms with Crippen LogP contribution in [0.25, 0.3) is 0 Å². The zero-order valence-corrected chi connectivity index (χ0v) is 14.5. The largest absolute Gasteiger partial charge is 0.463 e. The normalized spacial score (nSPS) is 12.9. The summed E-state index contributed by atoms with van der Waals surface area (Å²) in [5.74, 6) is 0.800. The Bertz CT molecular complexity index is 537. The standard InChI is InChI=1S/C18H24O3Si/c1-22(2,3)21-18(20-17-12-8-5-9-13-17)15-19-14-16-10-6-4-7-11-16/h4-13,18H,14-15H2,1-3H3. The third-order valence-corrected chi connectivity index (χ3v) is 3.83. The van der Waals surface area contributed by atoms with Crippen molar-refractivity contribution in [2.45, 2.75) is 32.5 Å². The van der Waals surface area contributed by atoms with Crippen LogP contribution in [0.15, 0.2) is 60.7 Å². The minimum absolute atomic E-state index is 0.377. The summed E-state index contributed by atoms with van der Waals surface area (Å²) in [6.07, 6.45) is -0.377. The van der Waals surface area contributed by atoms with E-state index in [2.05, 4.69) is 19.6 Å². The Hall–Kier alpha value is -1.62. The summed E-state index contributed by atoms with van der Waals surface area (Å²) in [5, 5.41) is 0. The first kappa shape index (κ1) is 16.7. The maximum absolute atomic E-state index is 6.07. The highest BCUT2D eigenvalue weighted by atomic mass is 28.4. The van der Waals surface area contributed by atoms with Gasteiger partial charge in [-0.25, -0.2) is 0 Å². The van der Waals surface area contributed by atoms with Gasteiger partial charge in [-0.05, 0) is 37.3 Å². The van der Waals surface area contributed by atoms with E-state index in [-0.39, 0.29) is 6.29 Å². The summed E-state index contributed by atoms with van der Waals surface area (Å²) in [4.78, 5) is 0. The minimum Gasteiger partial charge on any atom is -0.463 e. The average Bonchev–Trinajstić information content (AvgIpc) is 2.48. The van der Waals surface area contributed by atoms with Crippen molar-refractivity contribution in [1.29, 1.82) is 0 Å². The molecule has 2 rings (SSSR count). The molecule has 0 aromatic heterocycles. The second-order valence-electron chi connectivity index (χ2n) is 6.09. The van der Waals surface area contributed by atoms with Crippen LogP contribution in [-0.4, -0.2) is 21.2 Å². The van der Waals surface area contributed by atoms with E-state index in [0.717, 1.165) is 11.3 Å². The molecular weight excluding hydrogens is 292 g/mol. The van der Waals surface area contributed by atoms with E-state index in [4.69, 9.17) is 13.9 Å². The van der Waals surface area contributed by atoms with Crippen LogP contribution in [0.3, 0.4) is 0 Å². The van der Waals surface area contributed by atoms with Crippen LogP contribution < -0.4 is 4.74 Å². The molecule has 118 valence electrons. The third-order valence-electron chi connectivity index (χ3n) is 2.86. The molecule has 3 nitrogen and oxygen atoms in total. The molecule has 2 aromatic rings. The third kappa shape index (κ3) is 6.43. The van der Waals surface area contributed by atoms with Crippen LogP contribution in [0, 0.1) is 0 Å². The highest BCUT2D eigenvalue weighted by Crippen LogP contribution is 2.16. The van der Waals surface area contributed by atoms with Gasteiger partial charge in [-0.15, -0.1) is 0 Å². The molecule has 0 fully saturated rings. The van der Waals surface area contributed by atoms with E-state index in [1.807, 2.05) is 60.7 Å². The quantitative estimate of drug-likeness (QED) is 0.531. The molecule has 0 spiro atoms. The monoisotopic (exact) mass is 316 g/mol. The fourth-order valence-electron chi connectivity index (χ4n) is 1.98. The molecule has 1 atom stereocenters. The molecule has 1 unspecified atom stereocenters. The van der Waals surface area contributed by atoms with Crippen molar-refractivity contribution in [3.05, 3.63) is 66.2 Å². The lowest BCUT2D eigenvalue weighted by Gasteiger charge is -2.26. The van der Waals surface area contributed by atoms with Gasteiger partial charge in [-0.2, -0.15) is 0 Å². The number of rotatable bonds is 8. The number of hydrogen-bond donors (Lipinski definition) is 0. The van der Waals surface area contributed by atoms with Crippen molar-refractivity contribution in [2.75, 3.05) is 6.61 Å². The predicted octanol–water partition coefficient (Wildman–Crippen LogP) is 4.46. The van der Waals surface area contributed by atoms with Crippen LogP contribution in [0.4, 0.5) is 0 Å². The van der Waals surface area contributed by atoms with Gasteiger partial charge in [0.15, 0.2) is 8.32 Å². The molecule has 0 amide bonds. The summed E-state index contributed by atoms with van der Waals surface area (Å²) in [5.41, 5.74) is 1.15. The molecule has 0 aliphatic rings. The van der Waals surface area contributed by atoms with Crippen LogP contribution in [0.2, 0.25) is 19.6 Å². The molecule has 0 radical (unpaired) electrons. The molecule has 22 heavy (non-hydrogen) atoms. The van der Waals surface area contributed by atoms with Gasteiger partial charge in [0.25, 0.3) is 0 Å². The molecule has 0 saturated heterocycles. The lowest BCUT2D eigenvalue weighted by molar-refractivity contribution is -0.0691. The Kier molecular flexibility index (Phi) is 6.18. The van der Waals surface area contributed by atoms with Gasteiger partial charge in [0.1, 0.15) is 12.4 Å². The summed E-state index contributed by atoms with van der Waals surface area (Å²) >= 11 is 0.